The van der Waals surface area contributed by atoms with Crippen LogP contribution in [0.3, 0.4) is 0 Å². The summed E-state index contributed by atoms with van der Waals surface area (Å²) in [5.74, 6) is -0.438. The van der Waals surface area contributed by atoms with Crippen molar-refractivity contribution < 1.29 is 9.72 Å². The zero-order valence-electron chi connectivity index (χ0n) is 11.8. The van der Waals surface area contributed by atoms with E-state index in [1.54, 1.807) is 0 Å². The van der Waals surface area contributed by atoms with Crippen LogP contribution in [-0.2, 0) is 0 Å². The summed E-state index contributed by atoms with van der Waals surface area (Å²) in [7, 11) is 0. The van der Waals surface area contributed by atoms with Crippen molar-refractivity contribution in [3.8, 4) is 0 Å². The van der Waals surface area contributed by atoms with E-state index in [-0.39, 0.29) is 16.3 Å². The molecule has 0 atom stereocenters. The van der Waals surface area contributed by atoms with Crippen LogP contribution in [0.4, 0.5) is 11.4 Å². The van der Waals surface area contributed by atoms with Gasteiger partial charge in [-0.05, 0) is 59.1 Å². The van der Waals surface area contributed by atoms with Crippen molar-refractivity contribution in [2.75, 3.05) is 5.32 Å². The molecule has 0 fully saturated rings. The van der Waals surface area contributed by atoms with E-state index < -0.39 is 10.8 Å². The van der Waals surface area contributed by atoms with Crippen molar-refractivity contribution >= 4 is 44.8 Å². The van der Waals surface area contributed by atoms with Crippen molar-refractivity contribution in [2.24, 2.45) is 0 Å². The van der Waals surface area contributed by atoms with Gasteiger partial charge in [-0.3, -0.25) is 14.9 Å². The lowest BCUT2D eigenvalue weighted by Gasteiger charge is -2.12. The van der Waals surface area contributed by atoms with Crippen LogP contribution < -0.4 is 5.32 Å². The zero-order valence-corrected chi connectivity index (χ0v) is 14.2. The minimum Gasteiger partial charge on any atom is -0.321 e. The summed E-state index contributed by atoms with van der Waals surface area (Å²) in [5.41, 5.74) is 2.46. The minimum absolute atomic E-state index is 0.00533. The maximum Gasteiger partial charge on any atom is 0.288 e. The van der Waals surface area contributed by atoms with Gasteiger partial charge in [0.2, 0.25) is 0 Å². The molecule has 7 heteroatoms. The van der Waals surface area contributed by atoms with E-state index in [2.05, 4.69) is 21.2 Å². The first-order valence-corrected chi connectivity index (χ1v) is 7.48. The summed E-state index contributed by atoms with van der Waals surface area (Å²) >= 11 is 9.15. The van der Waals surface area contributed by atoms with Gasteiger partial charge >= 0.3 is 0 Å². The van der Waals surface area contributed by atoms with Gasteiger partial charge in [-0.1, -0.05) is 17.7 Å². The van der Waals surface area contributed by atoms with Crippen molar-refractivity contribution in [1.82, 2.24) is 0 Å². The smallest absolute Gasteiger partial charge is 0.288 e. The minimum atomic E-state index is -0.619. The van der Waals surface area contributed by atoms with Crippen molar-refractivity contribution in [3.63, 3.8) is 0 Å². The maximum atomic E-state index is 12.3. The third-order valence-electron chi connectivity index (χ3n) is 3.08. The molecule has 0 radical (unpaired) electrons. The number of anilines is 1. The van der Waals surface area contributed by atoms with Gasteiger partial charge in [0.1, 0.15) is 5.02 Å². The van der Waals surface area contributed by atoms with Crippen LogP contribution in [0.15, 0.2) is 34.8 Å². The van der Waals surface area contributed by atoms with Gasteiger partial charge in [-0.15, -0.1) is 0 Å². The van der Waals surface area contributed by atoms with E-state index in [1.807, 2.05) is 26.0 Å². The van der Waals surface area contributed by atoms with E-state index in [0.29, 0.717) is 5.69 Å². The molecule has 1 amide bonds. The number of benzene rings is 2. The summed E-state index contributed by atoms with van der Waals surface area (Å²) in [4.78, 5) is 22.6. The van der Waals surface area contributed by atoms with E-state index in [1.165, 1.54) is 12.1 Å². The van der Waals surface area contributed by atoms with Gasteiger partial charge in [-0.2, -0.15) is 0 Å². The van der Waals surface area contributed by atoms with Crippen LogP contribution in [0.1, 0.15) is 21.5 Å². The molecule has 0 spiro atoms. The van der Waals surface area contributed by atoms with Gasteiger partial charge < -0.3 is 5.32 Å². The highest BCUT2D eigenvalue weighted by Gasteiger charge is 2.17. The SMILES string of the molecule is Cc1cc(C)c(NC(=O)c2ccc(Cl)c([N+](=O)[O-])c2)c(Br)c1. The molecular weight excluding hydrogens is 372 g/mol. The molecule has 2 rings (SSSR count). The Morgan fingerprint density at radius 3 is 2.55 bits per heavy atom. The average molecular weight is 384 g/mol. The quantitative estimate of drug-likeness (QED) is 0.606. The molecule has 5 nitrogen and oxygen atoms in total. The van der Waals surface area contributed by atoms with Crippen molar-refractivity contribution in [3.05, 3.63) is 66.6 Å². The highest BCUT2D eigenvalue weighted by atomic mass is 79.9. The number of aryl methyl sites for hydroxylation is 2. The number of carbonyl (C=O) groups excluding carboxylic acids is 1. The molecule has 22 heavy (non-hydrogen) atoms. The predicted octanol–water partition coefficient (Wildman–Crippen LogP) is 4.88. The van der Waals surface area contributed by atoms with Crippen molar-refractivity contribution in [1.29, 1.82) is 0 Å². The van der Waals surface area contributed by atoms with Gasteiger partial charge in [0.15, 0.2) is 0 Å². The van der Waals surface area contributed by atoms with Gasteiger partial charge in [0.25, 0.3) is 11.6 Å². The van der Waals surface area contributed by atoms with Gasteiger partial charge in [0, 0.05) is 16.1 Å². The maximum absolute atomic E-state index is 12.3. The topological polar surface area (TPSA) is 72.2 Å². The molecule has 0 aromatic heterocycles. The second-order valence-electron chi connectivity index (χ2n) is 4.82. The van der Waals surface area contributed by atoms with Gasteiger partial charge in [0.05, 0.1) is 10.6 Å². The molecule has 0 aliphatic carbocycles. The second-order valence-corrected chi connectivity index (χ2v) is 6.08. The molecule has 0 aliphatic rings. The largest absolute Gasteiger partial charge is 0.321 e. The Bertz CT molecular complexity index is 754. The predicted molar refractivity (Wildman–Crippen MR) is 89.7 cm³/mol. The molecule has 0 saturated carbocycles. The normalized spacial score (nSPS) is 10.4. The van der Waals surface area contributed by atoms with Crippen LogP contribution in [0.25, 0.3) is 0 Å². The average Bonchev–Trinajstić information content (AvgIpc) is 2.42. The number of halogens is 2. The Morgan fingerprint density at radius 1 is 1.27 bits per heavy atom. The number of nitro groups is 1. The molecule has 1 N–H and O–H groups in total. The molecule has 0 saturated heterocycles. The summed E-state index contributed by atoms with van der Waals surface area (Å²) in [5, 5.41) is 13.6. The molecule has 0 aliphatic heterocycles. The number of rotatable bonds is 3. The number of hydrogen-bond donors (Lipinski definition) is 1. The van der Waals surface area contributed by atoms with E-state index in [9.17, 15) is 14.9 Å². The summed E-state index contributed by atoms with van der Waals surface area (Å²) in [6.07, 6.45) is 0. The van der Waals surface area contributed by atoms with E-state index >= 15 is 0 Å². The van der Waals surface area contributed by atoms with Gasteiger partial charge in [-0.25, -0.2) is 0 Å². The molecule has 2 aromatic carbocycles. The molecule has 114 valence electrons. The van der Waals surface area contributed by atoms with Crippen LogP contribution in [-0.4, -0.2) is 10.8 Å². The number of nitrogens with one attached hydrogen (secondary N) is 1. The Hall–Kier alpha value is -1.92. The Kier molecular flexibility index (Phi) is 4.83. The molecular formula is C15H12BrClN2O3. The summed E-state index contributed by atoms with van der Waals surface area (Å²) < 4.78 is 0.752. The number of amides is 1. The highest BCUT2D eigenvalue weighted by molar-refractivity contribution is 9.10. The lowest BCUT2D eigenvalue weighted by molar-refractivity contribution is -0.384. The van der Waals surface area contributed by atoms with Crippen molar-refractivity contribution in [2.45, 2.75) is 13.8 Å². The fourth-order valence-corrected chi connectivity index (χ4v) is 3.01. The lowest BCUT2D eigenvalue weighted by Crippen LogP contribution is -2.13. The Labute approximate surface area is 140 Å². The molecule has 2 aromatic rings. The van der Waals surface area contributed by atoms with Crippen LogP contribution >= 0.6 is 27.5 Å². The van der Waals surface area contributed by atoms with Crippen LogP contribution in [0.5, 0.6) is 0 Å². The third-order valence-corrected chi connectivity index (χ3v) is 4.02. The number of hydrogen-bond acceptors (Lipinski definition) is 3. The summed E-state index contributed by atoms with van der Waals surface area (Å²) in [6.45, 7) is 3.82. The first kappa shape index (κ1) is 16.5. The first-order valence-electron chi connectivity index (χ1n) is 6.31. The number of nitrogens with zero attached hydrogens (tertiary/aromatic N) is 1. The summed E-state index contributed by atoms with van der Waals surface area (Å²) in [6, 6.07) is 7.76. The second kappa shape index (κ2) is 6.46. The van der Waals surface area contributed by atoms with E-state index in [0.717, 1.165) is 21.7 Å². The van der Waals surface area contributed by atoms with Crippen LogP contribution in [0, 0.1) is 24.0 Å². The van der Waals surface area contributed by atoms with E-state index in [4.69, 9.17) is 11.6 Å². The fraction of sp³-hybridized carbons (Fsp3) is 0.133. The number of carbonyl (C=O) groups is 1. The standard InChI is InChI=1S/C15H12BrClN2O3/c1-8-5-9(2)14(11(16)6-8)18-15(20)10-3-4-12(17)13(7-10)19(21)22/h3-7H,1-2H3,(H,18,20). The third kappa shape index (κ3) is 3.45. The fourth-order valence-electron chi connectivity index (χ4n) is 2.05. The first-order chi connectivity index (χ1) is 10.3. The highest BCUT2D eigenvalue weighted by Crippen LogP contribution is 2.29. The Morgan fingerprint density at radius 2 is 1.95 bits per heavy atom. The van der Waals surface area contributed by atoms with Crippen LogP contribution in [0.2, 0.25) is 5.02 Å². The zero-order chi connectivity index (χ0) is 16.4. The monoisotopic (exact) mass is 382 g/mol. The lowest BCUT2D eigenvalue weighted by atomic mass is 10.1. The molecule has 0 bridgehead atoms. The molecule has 0 heterocycles. The number of nitro benzene ring substituents is 1. The molecule has 0 unspecified atom stereocenters. The Balaban J connectivity index is 2.34.